The van der Waals surface area contributed by atoms with Crippen LogP contribution in [0.4, 0.5) is 17.5 Å². The number of halogens is 1. The summed E-state index contributed by atoms with van der Waals surface area (Å²) in [6.07, 6.45) is 3.03. The van der Waals surface area contributed by atoms with E-state index < -0.39 is 5.91 Å². The predicted octanol–water partition coefficient (Wildman–Crippen LogP) is 1.91. The third-order valence-electron chi connectivity index (χ3n) is 4.27. The average Bonchev–Trinajstić information content (AvgIpc) is 2.69. The lowest BCUT2D eigenvalue weighted by Crippen LogP contribution is -2.44. The maximum Gasteiger partial charge on any atom is 0.273 e. The third kappa shape index (κ3) is 4.94. The van der Waals surface area contributed by atoms with E-state index in [1.807, 2.05) is 24.3 Å². The molecule has 1 unspecified atom stereocenters. The third-order valence-corrected chi connectivity index (χ3v) is 4.99. The topological polar surface area (TPSA) is 126 Å². The molecule has 3 rings (SSSR count). The van der Waals surface area contributed by atoms with Gasteiger partial charge < -0.3 is 21.3 Å². The Morgan fingerprint density at radius 1 is 1.29 bits per heavy atom. The Balaban J connectivity index is 1.78. The minimum atomic E-state index is -0.722. The van der Waals surface area contributed by atoms with E-state index in [2.05, 4.69) is 55.0 Å². The van der Waals surface area contributed by atoms with Crippen LogP contribution < -0.4 is 16.4 Å². The maximum absolute atomic E-state index is 11.8. The zero-order valence-corrected chi connectivity index (χ0v) is 17.2. The van der Waals surface area contributed by atoms with Crippen LogP contribution in [0.2, 0.25) is 0 Å². The van der Waals surface area contributed by atoms with Gasteiger partial charge in [0, 0.05) is 28.4 Å². The van der Waals surface area contributed by atoms with Gasteiger partial charge in [-0.05, 0) is 65.8 Å². The first-order valence-electron chi connectivity index (χ1n) is 8.71. The molecule has 1 aliphatic rings. The quantitative estimate of drug-likeness (QED) is 0.415. The van der Waals surface area contributed by atoms with E-state index in [9.17, 15) is 9.59 Å². The summed E-state index contributed by atoms with van der Waals surface area (Å²) in [6, 6.07) is 7.55. The molecule has 146 valence electrons. The summed E-state index contributed by atoms with van der Waals surface area (Å²) >= 11 is 2.21. The van der Waals surface area contributed by atoms with Gasteiger partial charge in [0.1, 0.15) is 0 Å². The number of benzene rings is 1. The van der Waals surface area contributed by atoms with Crippen molar-refractivity contribution in [3.63, 3.8) is 0 Å². The van der Waals surface area contributed by atoms with Crippen molar-refractivity contribution in [3.8, 4) is 0 Å². The van der Waals surface area contributed by atoms with E-state index in [0.717, 1.165) is 22.1 Å². The molecular weight excluding hydrogens is 473 g/mol. The van der Waals surface area contributed by atoms with Crippen molar-refractivity contribution < 1.29 is 9.59 Å². The largest absolute Gasteiger partial charge is 0.364 e. The van der Waals surface area contributed by atoms with Gasteiger partial charge in [0.25, 0.3) is 5.91 Å². The second kappa shape index (κ2) is 8.95. The van der Waals surface area contributed by atoms with Gasteiger partial charge in [-0.1, -0.05) is 6.58 Å². The Hall–Kier alpha value is -2.76. The molecule has 4 N–H and O–H groups in total. The first-order chi connectivity index (χ1) is 13.5. The number of hydrogen-bond acceptors (Lipinski definition) is 7. The van der Waals surface area contributed by atoms with Crippen molar-refractivity contribution >= 4 is 51.9 Å². The summed E-state index contributed by atoms with van der Waals surface area (Å²) in [5, 5.41) is 14.1. The molecule has 10 heteroatoms. The maximum atomic E-state index is 11.8. The van der Waals surface area contributed by atoms with Gasteiger partial charge in [0.15, 0.2) is 11.5 Å². The summed E-state index contributed by atoms with van der Waals surface area (Å²) < 4.78 is 1.08. The highest BCUT2D eigenvalue weighted by Gasteiger charge is 2.23. The van der Waals surface area contributed by atoms with Crippen molar-refractivity contribution in [3.05, 3.63) is 46.2 Å². The predicted molar refractivity (Wildman–Crippen MR) is 114 cm³/mol. The number of likely N-dealkylation sites (tertiary alicyclic amines) is 1. The number of hydrogen-bond donors (Lipinski definition) is 3. The van der Waals surface area contributed by atoms with Crippen LogP contribution in [0.3, 0.4) is 0 Å². The van der Waals surface area contributed by atoms with Crippen LogP contribution in [0, 0.1) is 3.57 Å². The summed E-state index contributed by atoms with van der Waals surface area (Å²) in [5.74, 6) is -0.340. The molecule has 28 heavy (non-hydrogen) atoms. The molecule has 0 bridgehead atoms. The molecule has 0 spiro atoms. The number of piperidine rings is 1. The van der Waals surface area contributed by atoms with E-state index >= 15 is 0 Å². The highest BCUT2D eigenvalue weighted by Crippen LogP contribution is 2.20. The number of rotatable bonds is 6. The van der Waals surface area contributed by atoms with Crippen molar-refractivity contribution in [1.82, 2.24) is 20.1 Å². The van der Waals surface area contributed by atoms with Gasteiger partial charge in [-0.25, -0.2) is 0 Å². The first kappa shape index (κ1) is 20.0. The minimum absolute atomic E-state index is 0.0231. The van der Waals surface area contributed by atoms with Crippen LogP contribution in [-0.4, -0.2) is 51.0 Å². The molecule has 1 saturated heterocycles. The van der Waals surface area contributed by atoms with Crippen molar-refractivity contribution in [2.75, 3.05) is 23.7 Å². The summed E-state index contributed by atoms with van der Waals surface area (Å²) in [5.41, 5.74) is 6.10. The van der Waals surface area contributed by atoms with Gasteiger partial charge in [-0.2, -0.15) is 4.98 Å². The lowest BCUT2D eigenvalue weighted by molar-refractivity contribution is -0.127. The Morgan fingerprint density at radius 2 is 2.04 bits per heavy atom. The molecule has 0 saturated carbocycles. The van der Waals surface area contributed by atoms with Crippen molar-refractivity contribution in [2.45, 2.75) is 18.9 Å². The highest BCUT2D eigenvalue weighted by atomic mass is 127. The molecule has 9 nitrogen and oxygen atoms in total. The van der Waals surface area contributed by atoms with Crippen molar-refractivity contribution in [2.24, 2.45) is 5.73 Å². The van der Waals surface area contributed by atoms with Gasteiger partial charge in [0.2, 0.25) is 11.9 Å². The molecule has 0 aliphatic carbocycles. The fraction of sp³-hybridized carbons (Fsp3) is 0.278. The standard InChI is InChI=1S/C18H20IN7O2/c1-2-14(27)26-9-3-4-13(10-26)22-18-23-17(15(16(20)28)24-25-18)21-12-7-5-11(19)6-8-12/h2,5-8,13H,1,3-4,9-10H2,(H2,20,28)(H2,21,22,23,25). The number of nitrogens with zero attached hydrogens (tertiary/aromatic N) is 4. The number of carbonyl (C=O) groups is 2. The monoisotopic (exact) mass is 493 g/mol. The molecule has 2 aromatic rings. The Kier molecular flexibility index (Phi) is 6.39. The lowest BCUT2D eigenvalue weighted by atomic mass is 10.1. The van der Waals surface area contributed by atoms with Crippen LogP contribution in [0.15, 0.2) is 36.9 Å². The molecule has 1 aliphatic heterocycles. The van der Waals surface area contributed by atoms with Gasteiger partial charge >= 0.3 is 0 Å². The van der Waals surface area contributed by atoms with E-state index in [4.69, 9.17) is 5.73 Å². The number of anilines is 3. The molecule has 1 fully saturated rings. The smallest absolute Gasteiger partial charge is 0.273 e. The minimum Gasteiger partial charge on any atom is -0.364 e. The fourth-order valence-electron chi connectivity index (χ4n) is 2.92. The Morgan fingerprint density at radius 3 is 2.71 bits per heavy atom. The van der Waals surface area contributed by atoms with Crippen LogP contribution in [0.25, 0.3) is 0 Å². The fourth-order valence-corrected chi connectivity index (χ4v) is 3.28. The average molecular weight is 493 g/mol. The van der Waals surface area contributed by atoms with E-state index in [1.54, 1.807) is 4.90 Å². The molecule has 0 radical (unpaired) electrons. The molecule has 1 atom stereocenters. The second-order valence-corrected chi connectivity index (χ2v) is 7.55. The first-order valence-corrected chi connectivity index (χ1v) is 9.79. The number of aromatic nitrogens is 3. The zero-order valence-electron chi connectivity index (χ0n) is 15.1. The normalized spacial score (nSPS) is 16.3. The van der Waals surface area contributed by atoms with Gasteiger partial charge in [0.05, 0.1) is 0 Å². The molecule has 2 heterocycles. The van der Waals surface area contributed by atoms with Crippen LogP contribution in [-0.2, 0) is 4.79 Å². The summed E-state index contributed by atoms with van der Waals surface area (Å²) in [6.45, 7) is 4.75. The molecule has 2 amide bonds. The Labute approximate surface area is 175 Å². The number of carbonyl (C=O) groups excluding carboxylic acids is 2. The van der Waals surface area contributed by atoms with E-state index in [0.29, 0.717) is 13.1 Å². The van der Waals surface area contributed by atoms with E-state index in [-0.39, 0.29) is 29.4 Å². The Bertz CT molecular complexity index is 888. The SMILES string of the molecule is C=CC(=O)N1CCCC(Nc2nnc(C(N)=O)c(Nc3ccc(I)cc3)n2)C1. The number of nitrogens with one attached hydrogen (secondary N) is 2. The molecule has 1 aromatic carbocycles. The van der Waals surface area contributed by atoms with Gasteiger partial charge in [-0.15, -0.1) is 10.2 Å². The molecule has 1 aromatic heterocycles. The van der Waals surface area contributed by atoms with Gasteiger partial charge in [-0.3, -0.25) is 9.59 Å². The van der Waals surface area contributed by atoms with E-state index in [1.165, 1.54) is 6.08 Å². The highest BCUT2D eigenvalue weighted by molar-refractivity contribution is 14.1. The molecular formula is C18H20IN7O2. The summed E-state index contributed by atoms with van der Waals surface area (Å²) in [7, 11) is 0. The second-order valence-electron chi connectivity index (χ2n) is 6.30. The van der Waals surface area contributed by atoms with Crippen molar-refractivity contribution in [1.29, 1.82) is 0 Å². The summed E-state index contributed by atoms with van der Waals surface area (Å²) in [4.78, 5) is 29.6. The number of amides is 2. The zero-order chi connectivity index (χ0) is 20.1. The lowest BCUT2D eigenvalue weighted by Gasteiger charge is -2.32. The van der Waals surface area contributed by atoms with Crippen LogP contribution in [0.5, 0.6) is 0 Å². The van der Waals surface area contributed by atoms with Crippen LogP contribution >= 0.6 is 22.6 Å². The number of primary amides is 1. The number of nitrogens with two attached hydrogens (primary N) is 1. The van der Waals surface area contributed by atoms with Crippen LogP contribution in [0.1, 0.15) is 23.3 Å².